The average Bonchev–Trinajstić information content (AvgIpc) is 2.18. The Balaban J connectivity index is 3.11. The Morgan fingerprint density at radius 1 is 1.71 bits per heavy atom. The summed E-state index contributed by atoms with van der Waals surface area (Å²) in [4.78, 5) is 25.3. The fourth-order valence-electron chi connectivity index (χ4n) is 0.888. The molecule has 1 rings (SSSR count). The zero-order valence-electron chi connectivity index (χ0n) is 7.48. The topological polar surface area (TPSA) is 85.1 Å². The van der Waals surface area contributed by atoms with E-state index in [9.17, 15) is 9.59 Å². The number of carbonyl (C=O) groups is 2. The molecule has 14 heavy (non-hydrogen) atoms. The van der Waals surface area contributed by atoms with Crippen molar-refractivity contribution in [3.63, 3.8) is 0 Å². The molecule has 0 unspecified atom stereocenters. The summed E-state index contributed by atoms with van der Waals surface area (Å²) in [5.41, 5.74) is 5.58. The molecule has 1 aromatic heterocycles. The van der Waals surface area contributed by atoms with Gasteiger partial charge in [-0.05, 0) is 6.07 Å². The molecule has 74 valence electrons. The second-order valence-corrected chi connectivity index (χ2v) is 3.06. The Labute approximate surface area is 85.2 Å². The number of pyridine rings is 1. The number of hydrogen-bond donors (Lipinski definition) is 2. The molecule has 0 radical (unpaired) electrons. The minimum Gasteiger partial charge on any atom is -0.366 e. The zero-order chi connectivity index (χ0) is 10.6. The van der Waals surface area contributed by atoms with E-state index in [-0.39, 0.29) is 5.56 Å². The Morgan fingerprint density at radius 2 is 2.43 bits per heavy atom. The largest absolute Gasteiger partial charge is 0.366 e. The van der Waals surface area contributed by atoms with E-state index < -0.39 is 5.91 Å². The molecular formula is C8H9N3O2S. The SMILES string of the molecule is CSNc1ncc(C(N)=O)cc1C=O. The van der Waals surface area contributed by atoms with Crippen LogP contribution < -0.4 is 10.5 Å². The maximum atomic E-state index is 10.8. The molecule has 0 aliphatic heterocycles. The van der Waals surface area contributed by atoms with Gasteiger partial charge in [-0.2, -0.15) is 0 Å². The van der Waals surface area contributed by atoms with Crippen LogP contribution in [0.1, 0.15) is 20.7 Å². The fourth-order valence-corrected chi connectivity index (χ4v) is 1.25. The molecule has 1 heterocycles. The van der Waals surface area contributed by atoms with Crippen molar-refractivity contribution in [2.24, 2.45) is 5.73 Å². The van der Waals surface area contributed by atoms with Gasteiger partial charge in [0.05, 0.1) is 11.1 Å². The Bertz CT molecular complexity index is 368. The van der Waals surface area contributed by atoms with E-state index in [0.717, 1.165) is 0 Å². The van der Waals surface area contributed by atoms with E-state index in [2.05, 4.69) is 9.71 Å². The van der Waals surface area contributed by atoms with Crippen molar-refractivity contribution in [1.29, 1.82) is 0 Å². The van der Waals surface area contributed by atoms with Gasteiger partial charge in [-0.15, -0.1) is 0 Å². The van der Waals surface area contributed by atoms with Crippen molar-refractivity contribution < 1.29 is 9.59 Å². The number of hydrogen-bond acceptors (Lipinski definition) is 5. The molecule has 5 nitrogen and oxygen atoms in total. The molecule has 0 atom stereocenters. The first-order valence-electron chi connectivity index (χ1n) is 3.73. The highest BCUT2D eigenvalue weighted by Gasteiger charge is 2.07. The lowest BCUT2D eigenvalue weighted by Crippen LogP contribution is -2.12. The van der Waals surface area contributed by atoms with Crippen LogP contribution in [-0.4, -0.2) is 23.4 Å². The smallest absolute Gasteiger partial charge is 0.250 e. The quantitative estimate of drug-likeness (QED) is 0.565. The van der Waals surface area contributed by atoms with Crippen molar-refractivity contribution in [3.05, 3.63) is 23.4 Å². The summed E-state index contributed by atoms with van der Waals surface area (Å²) in [6, 6.07) is 1.40. The van der Waals surface area contributed by atoms with Crippen LogP contribution in [0.3, 0.4) is 0 Å². The summed E-state index contributed by atoms with van der Waals surface area (Å²) in [6.45, 7) is 0. The minimum absolute atomic E-state index is 0.221. The third-order valence-electron chi connectivity index (χ3n) is 1.53. The van der Waals surface area contributed by atoms with Crippen molar-refractivity contribution >= 4 is 30.0 Å². The standard InChI is InChI=1S/C8H9N3O2S/c1-14-11-8-6(4-12)2-5(3-10-8)7(9)13/h2-4H,1H3,(H2,9,13)(H,10,11). The lowest BCUT2D eigenvalue weighted by molar-refractivity contribution is 0.1000. The van der Waals surface area contributed by atoms with Gasteiger partial charge in [0.2, 0.25) is 5.91 Å². The summed E-state index contributed by atoms with van der Waals surface area (Å²) in [5.74, 6) is -0.172. The van der Waals surface area contributed by atoms with Crippen molar-refractivity contribution in [2.45, 2.75) is 0 Å². The monoisotopic (exact) mass is 211 g/mol. The zero-order valence-corrected chi connectivity index (χ0v) is 8.30. The molecule has 3 N–H and O–H groups in total. The van der Waals surface area contributed by atoms with E-state index in [4.69, 9.17) is 5.73 Å². The van der Waals surface area contributed by atoms with E-state index in [0.29, 0.717) is 17.7 Å². The van der Waals surface area contributed by atoms with Crippen molar-refractivity contribution in [2.75, 3.05) is 11.0 Å². The van der Waals surface area contributed by atoms with Gasteiger partial charge in [0.1, 0.15) is 5.82 Å². The summed E-state index contributed by atoms with van der Waals surface area (Å²) in [7, 11) is 0. The number of nitrogens with one attached hydrogen (secondary N) is 1. The van der Waals surface area contributed by atoms with Gasteiger partial charge in [0.25, 0.3) is 0 Å². The van der Waals surface area contributed by atoms with Gasteiger partial charge >= 0.3 is 0 Å². The number of aromatic nitrogens is 1. The van der Waals surface area contributed by atoms with Crippen LogP contribution in [0.15, 0.2) is 12.3 Å². The van der Waals surface area contributed by atoms with Crippen LogP contribution >= 0.6 is 11.9 Å². The molecule has 0 aromatic carbocycles. The molecular weight excluding hydrogens is 202 g/mol. The molecule has 1 amide bonds. The predicted molar refractivity (Wildman–Crippen MR) is 55.3 cm³/mol. The second-order valence-electron chi connectivity index (χ2n) is 2.45. The third-order valence-corrected chi connectivity index (χ3v) is 1.92. The fraction of sp³-hybridized carbons (Fsp3) is 0.125. The van der Waals surface area contributed by atoms with E-state index in [1.54, 1.807) is 6.26 Å². The normalized spacial score (nSPS) is 9.50. The summed E-state index contributed by atoms with van der Waals surface area (Å²) in [6.07, 6.45) is 3.75. The van der Waals surface area contributed by atoms with Crippen LogP contribution in [0, 0.1) is 0 Å². The van der Waals surface area contributed by atoms with Gasteiger partial charge in [0, 0.05) is 12.5 Å². The van der Waals surface area contributed by atoms with Gasteiger partial charge in [-0.25, -0.2) is 4.98 Å². The number of carbonyl (C=O) groups excluding carboxylic acids is 2. The van der Waals surface area contributed by atoms with Crippen molar-refractivity contribution in [1.82, 2.24) is 4.98 Å². The van der Waals surface area contributed by atoms with Crippen molar-refractivity contribution in [3.8, 4) is 0 Å². The summed E-state index contributed by atoms with van der Waals surface area (Å²) < 4.78 is 2.82. The van der Waals surface area contributed by atoms with Gasteiger partial charge in [-0.1, -0.05) is 11.9 Å². The van der Waals surface area contributed by atoms with Crippen LogP contribution in [0.4, 0.5) is 5.82 Å². The predicted octanol–water partition coefficient (Wildman–Crippen LogP) is 0.683. The highest BCUT2D eigenvalue weighted by Crippen LogP contribution is 2.14. The number of primary amides is 1. The van der Waals surface area contributed by atoms with Gasteiger partial charge in [-0.3, -0.25) is 9.59 Å². The molecule has 0 bridgehead atoms. The Hall–Kier alpha value is -1.56. The maximum Gasteiger partial charge on any atom is 0.250 e. The molecule has 1 aromatic rings. The number of nitrogens with two attached hydrogens (primary N) is 1. The van der Waals surface area contributed by atoms with Gasteiger partial charge < -0.3 is 10.5 Å². The maximum absolute atomic E-state index is 10.8. The second kappa shape index (κ2) is 4.61. The molecule has 0 saturated carbocycles. The average molecular weight is 211 g/mol. The Morgan fingerprint density at radius 3 is 2.93 bits per heavy atom. The van der Waals surface area contributed by atoms with E-state index in [1.165, 1.54) is 24.2 Å². The first-order valence-corrected chi connectivity index (χ1v) is 4.95. The van der Waals surface area contributed by atoms with E-state index >= 15 is 0 Å². The minimum atomic E-state index is -0.601. The first kappa shape index (κ1) is 10.5. The number of rotatable bonds is 4. The number of nitrogens with zero attached hydrogens (tertiary/aromatic N) is 1. The Kier molecular flexibility index (Phi) is 3.47. The molecule has 0 spiro atoms. The molecule has 0 aliphatic carbocycles. The lowest BCUT2D eigenvalue weighted by Gasteiger charge is -2.04. The number of amides is 1. The van der Waals surface area contributed by atoms with Crippen LogP contribution in [0.2, 0.25) is 0 Å². The van der Waals surface area contributed by atoms with Crippen LogP contribution in [0.25, 0.3) is 0 Å². The van der Waals surface area contributed by atoms with E-state index in [1.807, 2.05) is 0 Å². The highest BCUT2D eigenvalue weighted by molar-refractivity contribution is 7.99. The van der Waals surface area contributed by atoms with Crippen LogP contribution in [0.5, 0.6) is 0 Å². The van der Waals surface area contributed by atoms with Gasteiger partial charge in [0.15, 0.2) is 6.29 Å². The summed E-state index contributed by atoms with van der Waals surface area (Å²) >= 11 is 1.31. The molecule has 0 saturated heterocycles. The number of anilines is 1. The molecule has 0 fully saturated rings. The number of aldehydes is 1. The molecule has 6 heteroatoms. The first-order chi connectivity index (χ1) is 6.69. The lowest BCUT2D eigenvalue weighted by atomic mass is 10.2. The third kappa shape index (κ3) is 2.23. The highest BCUT2D eigenvalue weighted by atomic mass is 32.2. The summed E-state index contributed by atoms with van der Waals surface area (Å²) in [5, 5.41) is 0. The molecule has 0 aliphatic rings. The van der Waals surface area contributed by atoms with Crippen LogP contribution in [-0.2, 0) is 0 Å².